The molecule has 0 aliphatic rings. The number of hydrogen-bond acceptors (Lipinski definition) is 0. The summed E-state index contributed by atoms with van der Waals surface area (Å²) in [4.78, 5) is 0. The molecular formula is H9Co2Li3Ni2O3. The van der Waals surface area contributed by atoms with Crippen molar-refractivity contribution in [3.8, 4) is 0 Å². The predicted octanol–water partition coefficient (Wildman–Crippen LogP) is -4.43. The molecule has 2 radical (unpaired) electrons. The van der Waals surface area contributed by atoms with E-state index in [4.69, 9.17) is 0 Å². The van der Waals surface area contributed by atoms with Crippen LogP contribution >= 0.6 is 0 Å². The molecule has 0 aliphatic heterocycles. The topological polar surface area (TPSA) is 94.5 Å². The molecule has 0 aromatic rings. The predicted molar refractivity (Wildman–Crippen MR) is 32.3 cm³/mol. The van der Waals surface area contributed by atoms with Crippen LogP contribution in [0.25, 0.3) is 0 Å². The first-order valence-corrected chi connectivity index (χ1v) is 0. The van der Waals surface area contributed by atoms with Crippen LogP contribution in [0, 0.1) is 0 Å². The van der Waals surface area contributed by atoms with Gasteiger partial charge in [0.1, 0.15) is 0 Å². The fourth-order valence-electron chi connectivity index (χ4n) is 0. The second-order valence-corrected chi connectivity index (χ2v) is 0. The molecule has 0 aromatic heterocycles. The van der Waals surface area contributed by atoms with Gasteiger partial charge in [-0.15, -0.1) is 0 Å². The van der Waals surface area contributed by atoms with E-state index < -0.39 is 0 Å². The molecule has 0 atom stereocenters. The maximum absolute atomic E-state index is 0. The van der Waals surface area contributed by atoms with Crippen molar-refractivity contribution in [2.45, 2.75) is 0 Å². The van der Waals surface area contributed by atoms with E-state index in [2.05, 4.69) is 0 Å². The number of hydrogen-bond donors (Lipinski definition) is 0. The molecule has 0 amide bonds. The maximum Gasteiger partial charge on any atom is 0 e. The third kappa shape index (κ3) is 98.6. The molecule has 10 heteroatoms. The molecule has 0 rings (SSSR count). The summed E-state index contributed by atoms with van der Waals surface area (Å²) in [6, 6.07) is 0. The molecule has 0 aliphatic carbocycles. The monoisotopic (exact) mass is 312 g/mol. The van der Waals surface area contributed by atoms with Gasteiger partial charge in [0, 0.05) is 66.5 Å². The first-order valence-electron chi connectivity index (χ1n) is 0. The Kier molecular flexibility index (Phi) is 2080. The summed E-state index contributed by atoms with van der Waals surface area (Å²) in [7, 11) is 0. The van der Waals surface area contributed by atoms with E-state index >= 15 is 0 Å². The van der Waals surface area contributed by atoms with Crippen molar-refractivity contribution in [3.05, 3.63) is 0 Å². The van der Waals surface area contributed by atoms with Gasteiger partial charge in [0.2, 0.25) is 0 Å². The summed E-state index contributed by atoms with van der Waals surface area (Å²) in [6.45, 7) is 0. The molecule has 0 heterocycles. The zero-order valence-electron chi connectivity index (χ0n) is 2.80. The van der Waals surface area contributed by atoms with Gasteiger partial charge in [0.05, 0.1) is 0 Å². The molecule has 0 saturated heterocycles. The Labute approximate surface area is 137 Å². The minimum atomic E-state index is 0. The molecule has 0 aromatic carbocycles. The Balaban J connectivity index is 0. The third-order valence-electron chi connectivity index (χ3n) is 0. The third-order valence-corrected chi connectivity index (χ3v) is 0. The van der Waals surface area contributed by atoms with Crippen LogP contribution in [-0.4, -0.2) is 73.0 Å². The molecule has 0 bridgehead atoms. The zero-order chi connectivity index (χ0) is 0. The Morgan fingerprint density at radius 3 is 0.400 bits per heavy atom. The Hall–Kier alpha value is 3.67. The summed E-state index contributed by atoms with van der Waals surface area (Å²) in [5.74, 6) is 0. The van der Waals surface area contributed by atoms with Crippen molar-refractivity contribution >= 4 is 56.6 Å². The van der Waals surface area contributed by atoms with Gasteiger partial charge in [-0.2, -0.15) is 0 Å². The van der Waals surface area contributed by atoms with Crippen molar-refractivity contribution in [2.24, 2.45) is 0 Å². The second kappa shape index (κ2) is 128. The molecule has 0 spiro atoms. The Morgan fingerprint density at radius 1 is 0.400 bits per heavy atom. The van der Waals surface area contributed by atoms with E-state index in [1.807, 2.05) is 0 Å². The molecule has 0 saturated carbocycles. The summed E-state index contributed by atoms with van der Waals surface area (Å²) in [6.07, 6.45) is 0. The quantitative estimate of drug-likeness (QED) is 0.404. The van der Waals surface area contributed by atoms with Crippen molar-refractivity contribution in [3.63, 3.8) is 0 Å². The SMILES string of the molecule is O.O.O.[Co].[Co].[LiH].[LiH].[LiH].[Ni].[Ni]. The largest absolute Gasteiger partial charge is 0 e. The number of rotatable bonds is 0. The van der Waals surface area contributed by atoms with Crippen LogP contribution in [0.3, 0.4) is 0 Å². The smallest absolute Gasteiger partial charge is 0 e. The van der Waals surface area contributed by atoms with Crippen LogP contribution in [-0.2, 0) is 66.5 Å². The van der Waals surface area contributed by atoms with Crippen molar-refractivity contribution in [1.29, 1.82) is 0 Å². The van der Waals surface area contributed by atoms with E-state index in [9.17, 15) is 0 Å². The van der Waals surface area contributed by atoms with Gasteiger partial charge in [-0.25, -0.2) is 0 Å². The molecule has 0 unspecified atom stereocenters. The zero-order valence-corrected chi connectivity index (χ0v) is 6.86. The maximum atomic E-state index is 0. The van der Waals surface area contributed by atoms with Gasteiger partial charge in [-0.05, 0) is 0 Å². The van der Waals surface area contributed by atoms with Gasteiger partial charge in [0.25, 0.3) is 0 Å². The molecule has 0 fully saturated rings. The van der Waals surface area contributed by atoms with Crippen molar-refractivity contribution in [2.75, 3.05) is 0 Å². The molecule has 3 nitrogen and oxygen atoms in total. The van der Waals surface area contributed by atoms with Crippen LogP contribution in [0.4, 0.5) is 0 Å². The second-order valence-electron chi connectivity index (χ2n) is 0. The minimum Gasteiger partial charge on any atom is 0 e. The average Bonchev–Trinajstić information content (AvgIpc) is 0. The Morgan fingerprint density at radius 2 is 0.400 bits per heavy atom. The fraction of sp³-hybridized carbons (Fsp3) is 0. The first kappa shape index (κ1) is 163. The normalized spacial score (nSPS) is 0. The summed E-state index contributed by atoms with van der Waals surface area (Å²) in [5.41, 5.74) is 0. The van der Waals surface area contributed by atoms with Gasteiger partial charge in [-0.1, -0.05) is 0 Å². The van der Waals surface area contributed by atoms with Gasteiger partial charge < -0.3 is 16.4 Å². The van der Waals surface area contributed by atoms with Crippen LogP contribution in [0.1, 0.15) is 0 Å². The Bertz CT molecular complexity index is 19.7. The fourth-order valence-corrected chi connectivity index (χ4v) is 0. The van der Waals surface area contributed by atoms with E-state index in [-0.39, 0.29) is 140 Å². The van der Waals surface area contributed by atoms with E-state index in [0.29, 0.717) is 0 Å². The minimum absolute atomic E-state index is 0. The first-order chi connectivity index (χ1) is 0. The van der Waals surface area contributed by atoms with Crippen LogP contribution in [0.15, 0.2) is 0 Å². The van der Waals surface area contributed by atoms with Crippen LogP contribution in [0.2, 0.25) is 0 Å². The summed E-state index contributed by atoms with van der Waals surface area (Å²) < 4.78 is 0. The molecule has 10 heavy (non-hydrogen) atoms. The van der Waals surface area contributed by atoms with Gasteiger partial charge in [-0.3, -0.25) is 0 Å². The molecular weight excluding hydrogens is 304 g/mol. The van der Waals surface area contributed by atoms with E-state index in [1.54, 1.807) is 0 Å². The van der Waals surface area contributed by atoms with Gasteiger partial charge >= 0.3 is 56.6 Å². The van der Waals surface area contributed by atoms with Crippen molar-refractivity contribution < 1.29 is 83.0 Å². The average molecular weight is 313 g/mol. The van der Waals surface area contributed by atoms with Gasteiger partial charge in [0.15, 0.2) is 0 Å². The van der Waals surface area contributed by atoms with Crippen LogP contribution < -0.4 is 0 Å². The van der Waals surface area contributed by atoms with Crippen LogP contribution in [0.5, 0.6) is 0 Å². The van der Waals surface area contributed by atoms with E-state index in [0.717, 1.165) is 0 Å². The standard InChI is InChI=1S/2Co.3Li.2Ni.3H2O.3H/h;;;;;;;3*1H2;;;. The molecule has 6 N–H and O–H groups in total. The summed E-state index contributed by atoms with van der Waals surface area (Å²) in [5, 5.41) is 0. The molecule has 68 valence electrons. The van der Waals surface area contributed by atoms with E-state index in [1.165, 1.54) is 0 Å². The summed E-state index contributed by atoms with van der Waals surface area (Å²) >= 11 is 0. The van der Waals surface area contributed by atoms with Crippen molar-refractivity contribution in [1.82, 2.24) is 0 Å².